The van der Waals surface area contributed by atoms with Crippen molar-refractivity contribution in [3.63, 3.8) is 0 Å². The first kappa shape index (κ1) is 11.2. The molecule has 1 N–H and O–H groups in total. The summed E-state index contributed by atoms with van der Waals surface area (Å²) in [4.78, 5) is 4.22. The van der Waals surface area contributed by atoms with Crippen molar-refractivity contribution in [2.75, 3.05) is 0 Å². The van der Waals surface area contributed by atoms with Crippen LogP contribution in [-0.2, 0) is 5.41 Å². The minimum atomic E-state index is -0.377. The molecule has 2 bridgehead atoms. The van der Waals surface area contributed by atoms with E-state index < -0.39 is 0 Å². The number of nitrogens with zero attached hydrogens (tertiary/aromatic N) is 2. The van der Waals surface area contributed by atoms with Crippen LogP contribution in [0.15, 0.2) is 30.6 Å². The van der Waals surface area contributed by atoms with Crippen molar-refractivity contribution in [1.82, 2.24) is 10.3 Å². The molecule has 0 radical (unpaired) electrons. The number of pyridine rings is 1. The Morgan fingerprint density at radius 2 is 2.06 bits per heavy atom. The zero-order valence-corrected chi connectivity index (χ0v) is 11.4. The maximum atomic E-state index is 9.61. The van der Waals surface area contributed by atoms with E-state index in [1.165, 1.54) is 0 Å². The molecule has 86 valence electrons. The van der Waals surface area contributed by atoms with Crippen LogP contribution in [-0.4, -0.2) is 17.1 Å². The molecule has 1 fully saturated rings. The van der Waals surface area contributed by atoms with E-state index in [1.54, 1.807) is 0 Å². The van der Waals surface area contributed by atoms with Gasteiger partial charge in [-0.3, -0.25) is 4.98 Å². The number of aromatic nitrogens is 1. The van der Waals surface area contributed by atoms with Gasteiger partial charge in [-0.1, -0.05) is 12.2 Å². The second-order valence-electron chi connectivity index (χ2n) is 4.76. The van der Waals surface area contributed by atoms with Crippen LogP contribution in [0.2, 0.25) is 0 Å². The van der Waals surface area contributed by atoms with Gasteiger partial charge in [-0.15, -0.1) is 0 Å². The fraction of sp³-hybridized carbons (Fsp3) is 0.385. The summed E-state index contributed by atoms with van der Waals surface area (Å²) in [5, 5.41) is 13.1. The number of rotatable bonds is 1. The van der Waals surface area contributed by atoms with Gasteiger partial charge >= 0.3 is 0 Å². The zero-order valence-electron chi connectivity index (χ0n) is 9.23. The molecule has 2 aliphatic rings. The second kappa shape index (κ2) is 4.07. The minimum absolute atomic E-state index is 0.339. The van der Waals surface area contributed by atoms with E-state index in [0.717, 1.165) is 22.0 Å². The first-order valence-corrected chi connectivity index (χ1v) is 6.76. The molecule has 2 unspecified atom stereocenters. The van der Waals surface area contributed by atoms with Crippen LogP contribution in [0, 0.1) is 14.9 Å². The van der Waals surface area contributed by atoms with Gasteiger partial charge in [0.2, 0.25) is 0 Å². The average Bonchev–Trinajstić information content (AvgIpc) is 2.69. The Morgan fingerprint density at radius 1 is 1.35 bits per heavy atom. The number of nitrogens with one attached hydrogen (secondary N) is 1. The van der Waals surface area contributed by atoms with E-state index in [-0.39, 0.29) is 5.41 Å². The lowest BCUT2D eigenvalue weighted by Gasteiger charge is -2.36. The smallest absolute Gasteiger partial charge is 0.0873 e. The van der Waals surface area contributed by atoms with E-state index in [4.69, 9.17) is 0 Å². The summed E-state index contributed by atoms with van der Waals surface area (Å²) in [5.74, 6) is 0. The van der Waals surface area contributed by atoms with Crippen LogP contribution < -0.4 is 5.32 Å². The van der Waals surface area contributed by atoms with Gasteiger partial charge in [0, 0.05) is 28.0 Å². The summed E-state index contributed by atoms with van der Waals surface area (Å²) < 4.78 is 1.09. The average molecular weight is 337 g/mol. The number of nitriles is 1. The number of halogens is 1. The highest BCUT2D eigenvalue weighted by atomic mass is 127. The summed E-state index contributed by atoms with van der Waals surface area (Å²) in [6.45, 7) is 0. The van der Waals surface area contributed by atoms with Crippen LogP contribution in [0.25, 0.3) is 0 Å². The molecule has 3 rings (SSSR count). The molecule has 1 aromatic heterocycles. The van der Waals surface area contributed by atoms with Crippen LogP contribution in [0.4, 0.5) is 0 Å². The van der Waals surface area contributed by atoms with Crippen LogP contribution >= 0.6 is 22.6 Å². The van der Waals surface area contributed by atoms with E-state index in [9.17, 15) is 5.26 Å². The topological polar surface area (TPSA) is 48.7 Å². The normalized spacial score (nSPS) is 34.6. The highest BCUT2D eigenvalue weighted by Crippen LogP contribution is 2.39. The number of piperidine rings is 1. The molecule has 2 aliphatic heterocycles. The molecule has 1 aromatic rings. The molecule has 0 saturated carbocycles. The molecule has 0 amide bonds. The maximum absolute atomic E-state index is 9.61. The predicted molar refractivity (Wildman–Crippen MR) is 73.3 cm³/mol. The van der Waals surface area contributed by atoms with Crippen LogP contribution in [0.5, 0.6) is 0 Å². The maximum Gasteiger partial charge on any atom is 0.0873 e. The van der Waals surface area contributed by atoms with Crippen molar-refractivity contribution in [2.45, 2.75) is 30.3 Å². The third-order valence-corrected chi connectivity index (χ3v) is 4.20. The largest absolute Gasteiger partial charge is 0.304 e. The summed E-state index contributed by atoms with van der Waals surface area (Å²) in [7, 11) is 0. The molecular weight excluding hydrogens is 325 g/mol. The lowest BCUT2D eigenvalue weighted by Crippen LogP contribution is -2.46. The number of hydrogen-bond donors (Lipinski definition) is 1. The van der Waals surface area contributed by atoms with Gasteiger partial charge in [-0.25, -0.2) is 0 Å². The van der Waals surface area contributed by atoms with Gasteiger partial charge in [0.1, 0.15) is 0 Å². The lowest BCUT2D eigenvalue weighted by molar-refractivity contribution is 0.319. The fourth-order valence-electron chi connectivity index (χ4n) is 2.81. The van der Waals surface area contributed by atoms with Gasteiger partial charge in [0.25, 0.3) is 0 Å². The summed E-state index contributed by atoms with van der Waals surface area (Å²) >= 11 is 2.25. The molecule has 2 atom stereocenters. The first-order chi connectivity index (χ1) is 8.22. The Morgan fingerprint density at radius 3 is 2.65 bits per heavy atom. The highest BCUT2D eigenvalue weighted by Gasteiger charge is 2.43. The SMILES string of the molecule is N#CC1(c2cncc(I)c2)CC2C=CC(C1)N2. The molecule has 1 saturated heterocycles. The van der Waals surface area contributed by atoms with Crippen molar-refractivity contribution in [1.29, 1.82) is 5.26 Å². The Labute approximate surface area is 114 Å². The molecular formula is C13H12IN3. The molecule has 4 heteroatoms. The van der Waals surface area contributed by atoms with Gasteiger partial charge in [0.15, 0.2) is 0 Å². The van der Waals surface area contributed by atoms with Crippen LogP contribution in [0.3, 0.4) is 0 Å². The van der Waals surface area contributed by atoms with Gasteiger partial charge < -0.3 is 5.32 Å². The molecule has 0 aromatic carbocycles. The monoisotopic (exact) mass is 337 g/mol. The lowest BCUT2D eigenvalue weighted by atomic mass is 9.72. The van der Waals surface area contributed by atoms with E-state index in [2.05, 4.69) is 57.2 Å². The summed E-state index contributed by atoms with van der Waals surface area (Å²) in [5.41, 5.74) is 0.685. The molecule has 0 aliphatic carbocycles. The molecule has 0 spiro atoms. The fourth-order valence-corrected chi connectivity index (χ4v) is 3.30. The summed E-state index contributed by atoms with van der Waals surface area (Å²) in [6.07, 6.45) is 9.73. The molecule has 3 nitrogen and oxygen atoms in total. The van der Waals surface area contributed by atoms with Gasteiger partial charge in [-0.05, 0) is 47.1 Å². The molecule has 3 heterocycles. The third-order valence-electron chi connectivity index (χ3n) is 3.61. The van der Waals surface area contributed by atoms with Crippen molar-refractivity contribution >= 4 is 22.6 Å². The highest BCUT2D eigenvalue weighted by molar-refractivity contribution is 14.1. The number of fused-ring (bicyclic) bond motifs is 2. The summed E-state index contributed by atoms with van der Waals surface area (Å²) in [6, 6.07) is 5.30. The Balaban J connectivity index is 2.02. The van der Waals surface area contributed by atoms with Gasteiger partial charge in [-0.2, -0.15) is 5.26 Å². The van der Waals surface area contributed by atoms with Gasteiger partial charge in [0.05, 0.1) is 11.5 Å². The second-order valence-corrected chi connectivity index (χ2v) is 6.00. The standard InChI is InChI=1S/C13H12IN3/c14-10-3-9(6-16-7-10)13(8-15)4-11-1-2-12(5-13)17-11/h1-3,6-7,11-12,17H,4-5H2. The van der Waals surface area contributed by atoms with E-state index >= 15 is 0 Å². The minimum Gasteiger partial charge on any atom is -0.304 e. The van der Waals surface area contributed by atoms with Crippen LogP contribution in [0.1, 0.15) is 18.4 Å². The number of hydrogen-bond acceptors (Lipinski definition) is 3. The Bertz CT molecular complexity index is 504. The zero-order chi connectivity index (χ0) is 11.9. The van der Waals surface area contributed by atoms with Crippen molar-refractivity contribution < 1.29 is 0 Å². The quantitative estimate of drug-likeness (QED) is 0.631. The predicted octanol–water partition coefficient (Wildman–Crippen LogP) is 2.14. The Kier molecular flexibility index (Phi) is 2.68. The van der Waals surface area contributed by atoms with Crippen molar-refractivity contribution in [3.8, 4) is 6.07 Å². The first-order valence-electron chi connectivity index (χ1n) is 5.68. The molecule has 17 heavy (non-hydrogen) atoms. The Hall–Kier alpha value is -0.930. The van der Waals surface area contributed by atoms with Crippen molar-refractivity contribution in [3.05, 3.63) is 39.7 Å². The van der Waals surface area contributed by atoms with Crippen molar-refractivity contribution in [2.24, 2.45) is 0 Å². The third kappa shape index (κ3) is 1.87. The van der Waals surface area contributed by atoms with E-state index in [0.29, 0.717) is 12.1 Å². The van der Waals surface area contributed by atoms with E-state index in [1.807, 2.05) is 12.4 Å².